The highest BCUT2D eigenvalue weighted by atomic mass is 19.1. The highest BCUT2D eigenvalue weighted by Gasteiger charge is 2.76. The number of ketones is 1. The number of hydrogen-bond acceptors (Lipinski definition) is 2. The Balaban J connectivity index is 1.53. The fraction of sp³-hybridized carbons (Fsp3) is 0.947. The largest absolute Gasteiger partial charge is 0.365 e. The van der Waals surface area contributed by atoms with Crippen LogP contribution in [-0.2, 0) is 9.53 Å². The number of carbonyl (C=O) groups excluding carboxylic acids is 1. The van der Waals surface area contributed by atoms with Crippen molar-refractivity contribution in [2.45, 2.75) is 83.1 Å². The molecule has 0 N–H and O–H groups in total. The van der Waals surface area contributed by atoms with Crippen LogP contribution in [0.25, 0.3) is 0 Å². The fourth-order valence-electron chi connectivity index (χ4n) is 7.40. The van der Waals surface area contributed by atoms with Crippen molar-refractivity contribution in [1.29, 1.82) is 0 Å². The number of hydrogen-bond donors (Lipinski definition) is 0. The zero-order valence-electron chi connectivity index (χ0n) is 13.7. The smallest absolute Gasteiger partial charge is 0.139 e. The summed E-state index contributed by atoms with van der Waals surface area (Å²) in [5.74, 6) is 2.33. The van der Waals surface area contributed by atoms with E-state index in [0.29, 0.717) is 36.4 Å². The van der Waals surface area contributed by atoms with E-state index in [-0.39, 0.29) is 22.5 Å². The van der Waals surface area contributed by atoms with Gasteiger partial charge in [-0.3, -0.25) is 4.79 Å². The van der Waals surface area contributed by atoms with Gasteiger partial charge in [0.1, 0.15) is 17.6 Å². The maximum absolute atomic E-state index is 14.0. The summed E-state index contributed by atoms with van der Waals surface area (Å²) in [5, 5.41) is 0. The summed E-state index contributed by atoms with van der Waals surface area (Å²) < 4.78 is 20.2. The molecule has 0 aromatic carbocycles. The van der Waals surface area contributed by atoms with Crippen LogP contribution >= 0.6 is 0 Å². The summed E-state index contributed by atoms with van der Waals surface area (Å²) in [7, 11) is 0. The van der Waals surface area contributed by atoms with E-state index < -0.39 is 6.17 Å². The number of alkyl halides is 1. The van der Waals surface area contributed by atoms with Gasteiger partial charge in [0.15, 0.2) is 0 Å². The van der Waals surface area contributed by atoms with Gasteiger partial charge < -0.3 is 4.74 Å². The van der Waals surface area contributed by atoms with Crippen molar-refractivity contribution in [3.05, 3.63) is 0 Å². The van der Waals surface area contributed by atoms with Crippen molar-refractivity contribution in [2.75, 3.05) is 0 Å². The monoisotopic (exact) mass is 306 g/mol. The lowest BCUT2D eigenvalue weighted by Gasteiger charge is -2.58. The molecule has 8 atom stereocenters. The van der Waals surface area contributed by atoms with Crippen molar-refractivity contribution >= 4 is 5.78 Å². The summed E-state index contributed by atoms with van der Waals surface area (Å²) >= 11 is 0. The number of ether oxygens (including phenoxy) is 1. The first-order valence-corrected chi connectivity index (χ1v) is 9.26. The minimum atomic E-state index is -0.670. The first-order chi connectivity index (χ1) is 10.4. The van der Waals surface area contributed by atoms with E-state index in [1.807, 2.05) is 0 Å². The zero-order valence-corrected chi connectivity index (χ0v) is 13.7. The second-order valence-electron chi connectivity index (χ2n) is 9.28. The molecule has 5 aliphatic rings. The molecule has 4 aliphatic carbocycles. The Bertz CT molecular complexity index is 548. The lowest BCUT2D eigenvalue weighted by atomic mass is 9.45. The van der Waals surface area contributed by atoms with Crippen LogP contribution in [0.5, 0.6) is 0 Å². The maximum Gasteiger partial charge on any atom is 0.139 e. The van der Waals surface area contributed by atoms with Gasteiger partial charge in [0, 0.05) is 23.7 Å². The van der Waals surface area contributed by atoms with Crippen molar-refractivity contribution in [3.63, 3.8) is 0 Å². The molecule has 1 aliphatic heterocycles. The third-order valence-corrected chi connectivity index (χ3v) is 8.73. The summed E-state index contributed by atoms with van der Waals surface area (Å²) in [5.41, 5.74) is -0.0674. The van der Waals surface area contributed by atoms with Gasteiger partial charge in [-0.1, -0.05) is 13.8 Å². The highest BCUT2D eigenvalue weighted by molar-refractivity contribution is 5.87. The molecule has 5 rings (SSSR count). The Hall–Kier alpha value is -0.440. The van der Waals surface area contributed by atoms with Crippen molar-refractivity contribution in [3.8, 4) is 0 Å². The highest BCUT2D eigenvalue weighted by Crippen LogP contribution is 2.73. The zero-order chi connectivity index (χ0) is 15.3. The first-order valence-electron chi connectivity index (χ1n) is 9.26. The molecule has 4 saturated carbocycles. The lowest BCUT2D eigenvalue weighted by Crippen LogP contribution is -2.58. The van der Waals surface area contributed by atoms with Gasteiger partial charge in [-0.05, 0) is 56.3 Å². The molecule has 2 nitrogen and oxygen atoms in total. The molecular weight excluding hydrogens is 279 g/mol. The Morgan fingerprint density at radius 3 is 2.77 bits per heavy atom. The standard InChI is InChI=1S/C19H27FO2/c1-17-7-6-14-12(13(17)3-4-15(17)21)9-16-19(22-16)10-11(20)5-8-18(14,19)2/h11-14,16H,3-10H2,1-2H3/t11-,12+,13+,14+,16-,17+,18-,19-/m1/s1. The molecule has 0 amide bonds. The molecule has 0 unspecified atom stereocenters. The second-order valence-corrected chi connectivity index (χ2v) is 9.28. The predicted molar refractivity (Wildman–Crippen MR) is 81.1 cm³/mol. The SMILES string of the molecule is C[C@]12CC[C@H]3[C@@H](C[C@H]4O[C@]45C[C@H](F)CC[C@]35C)[C@@H]1CCC2=O. The van der Waals surface area contributed by atoms with Gasteiger partial charge in [-0.15, -0.1) is 0 Å². The molecule has 0 aromatic rings. The average molecular weight is 306 g/mol. The molecule has 1 heterocycles. The Morgan fingerprint density at radius 2 is 1.95 bits per heavy atom. The molecule has 0 aromatic heterocycles. The lowest BCUT2D eigenvalue weighted by molar-refractivity contribution is -0.136. The normalized spacial score (nSPS) is 62.7. The minimum Gasteiger partial charge on any atom is -0.365 e. The summed E-state index contributed by atoms with van der Waals surface area (Å²) in [4.78, 5) is 12.4. The molecule has 5 fully saturated rings. The number of halogens is 1. The first kappa shape index (κ1) is 13.9. The van der Waals surface area contributed by atoms with Crippen molar-refractivity contribution in [2.24, 2.45) is 28.6 Å². The van der Waals surface area contributed by atoms with Crippen molar-refractivity contribution < 1.29 is 13.9 Å². The van der Waals surface area contributed by atoms with Crippen molar-refractivity contribution in [1.82, 2.24) is 0 Å². The molecule has 3 heteroatoms. The van der Waals surface area contributed by atoms with Crippen LogP contribution in [0.1, 0.15) is 65.2 Å². The predicted octanol–water partition coefficient (Wildman–Crippen LogP) is 4.07. The molecule has 1 spiro atoms. The summed E-state index contributed by atoms with van der Waals surface area (Å²) in [6.07, 6.45) is 7.05. The minimum absolute atomic E-state index is 0.0658. The average Bonchev–Trinajstić information content (AvgIpc) is 3.08. The number of rotatable bonds is 0. The summed E-state index contributed by atoms with van der Waals surface area (Å²) in [6.45, 7) is 4.61. The van der Waals surface area contributed by atoms with E-state index in [1.54, 1.807) is 0 Å². The topological polar surface area (TPSA) is 29.6 Å². The second kappa shape index (κ2) is 3.96. The van der Waals surface area contributed by atoms with E-state index in [0.717, 1.165) is 38.5 Å². The number of epoxide rings is 1. The van der Waals surface area contributed by atoms with Gasteiger partial charge >= 0.3 is 0 Å². The van der Waals surface area contributed by atoms with Crippen LogP contribution in [0.15, 0.2) is 0 Å². The van der Waals surface area contributed by atoms with E-state index >= 15 is 0 Å². The molecular formula is C19H27FO2. The molecule has 0 bridgehead atoms. The van der Waals surface area contributed by atoms with Gasteiger partial charge in [0.05, 0.1) is 6.10 Å². The number of fused-ring (bicyclic) bond motifs is 4. The Labute approximate surface area is 132 Å². The molecule has 0 radical (unpaired) electrons. The van der Waals surface area contributed by atoms with Gasteiger partial charge in [0.25, 0.3) is 0 Å². The molecule has 122 valence electrons. The maximum atomic E-state index is 14.0. The van der Waals surface area contributed by atoms with Gasteiger partial charge in [0.2, 0.25) is 0 Å². The Kier molecular flexibility index (Phi) is 2.51. The van der Waals surface area contributed by atoms with Gasteiger partial charge in [-0.25, -0.2) is 4.39 Å². The van der Waals surface area contributed by atoms with E-state index in [4.69, 9.17) is 4.74 Å². The van der Waals surface area contributed by atoms with Crippen LogP contribution in [0.4, 0.5) is 4.39 Å². The Morgan fingerprint density at radius 1 is 1.14 bits per heavy atom. The van der Waals surface area contributed by atoms with Crippen LogP contribution in [0, 0.1) is 28.6 Å². The third-order valence-electron chi connectivity index (χ3n) is 8.73. The van der Waals surface area contributed by atoms with Crippen LogP contribution in [0.2, 0.25) is 0 Å². The molecule has 22 heavy (non-hydrogen) atoms. The number of carbonyl (C=O) groups is 1. The van der Waals surface area contributed by atoms with Crippen LogP contribution < -0.4 is 0 Å². The van der Waals surface area contributed by atoms with E-state index in [1.165, 1.54) is 0 Å². The summed E-state index contributed by atoms with van der Waals surface area (Å²) in [6, 6.07) is 0. The van der Waals surface area contributed by atoms with Crippen LogP contribution in [0.3, 0.4) is 0 Å². The fourth-order valence-corrected chi connectivity index (χ4v) is 7.40. The van der Waals surface area contributed by atoms with Crippen LogP contribution in [-0.4, -0.2) is 23.7 Å². The number of Topliss-reactive ketones (excluding diaryl/α,β-unsaturated/α-hetero) is 1. The quantitative estimate of drug-likeness (QED) is 0.631. The molecule has 1 saturated heterocycles. The van der Waals surface area contributed by atoms with E-state index in [9.17, 15) is 9.18 Å². The van der Waals surface area contributed by atoms with E-state index in [2.05, 4.69) is 13.8 Å². The third kappa shape index (κ3) is 1.39. The van der Waals surface area contributed by atoms with Gasteiger partial charge in [-0.2, -0.15) is 0 Å².